The minimum Gasteiger partial charge on any atom is -0.493 e. The molecule has 30 heavy (non-hydrogen) atoms. The predicted octanol–water partition coefficient (Wildman–Crippen LogP) is 5.30. The normalized spacial score (nSPS) is 14.8. The van der Waals surface area contributed by atoms with Gasteiger partial charge in [-0.1, -0.05) is 58.4 Å². The van der Waals surface area contributed by atoms with Crippen LogP contribution in [0.5, 0.6) is 11.5 Å². The molecule has 5 nitrogen and oxygen atoms in total. The van der Waals surface area contributed by atoms with Crippen molar-refractivity contribution in [2.24, 2.45) is 4.99 Å². The number of nitrogens with zero attached hydrogens (tertiary/aromatic N) is 2. The van der Waals surface area contributed by atoms with E-state index < -0.39 is 0 Å². The van der Waals surface area contributed by atoms with Crippen molar-refractivity contribution in [2.75, 3.05) is 19.1 Å². The molecule has 6 heteroatoms. The summed E-state index contributed by atoms with van der Waals surface area (Å²) in [6, 6.07) is 22.7. The van der Waals surface area contributed by atoms with E-state index in [9.17, 15) is 4.79 Å². The highest BCUT2D eigenvalue weighted by Gasteiger charge is 2.33. The molecule has 1 heterocycles. The molecule has 1 amide bonds. The Labute approximate surface area is 183 Å². The van der Waals surface area contributed by atoms with E-state index >= 15 is 0 Å². The third kappa shape index (κ3) is 3.74. The number of hydrogen-bond donors (Lipinski definition) is 0. The predicted molar refractivity (Wildman–Crippen MR) is 122 cm³/mol. The number of carbonyl (C=O) groups excluding carboxylic acids is 1. The van der Waals surface area contributed by atoms with Crippen LogP contribution in [0.4, 0.5) is 5.69 Å². The number of amides is 1. The first-order chi connectivity index (χ1) is 14.6. The van der Waals surface area contributed by atoms with E-state index in [1.165, 1.54) is 0 Å². The molecule has 0 spiro atoms. The smallest absolute Gasteiger partial charge is 0.282 e. The van der Waals surface area contributed by atoms with Gasteiger partial charge in [-0.2, -0.15) is 0 Å². The maximum Gasteiger partial charge on any atom is 0.282 e. The van der Waals surface area contributed by atoms with Gasteiger partial charge < -0.3 is 9.47 Å². The van der Waals surface area contributed by atoms with Crippen LogP contribution in [0.25, 0.3) is 6.08 Å². The molecule has 0 bridgehead atoms. The minimum atomic E-state index is -0.193. The summed E-state index contributed by atoms with van der Waals surface area (Å²) in [5, 5.41) is 0. The molecule has 4 rings (SSSR count). The van der Waals surface area contributed by atoms with Gasteiger partial charge in [-0.05, 0) is 42.0 Å². The van der Waals surface area contributed by atoms with Crippen LogP contribution >= 0.6 is 15.9 Å². The summed E-state index contributed by atoms with van der Waals surface area (Å²) in [6.45, 7) is 0. The summed E-state index contributed by atoms with van der Waals surface area (Å²) in [7, 11) is 3.17. The van der Waals surface area contributed by atoms with Crippen LogP contribution in [0, 0.1) is 0 Å². The summed E-state index contributed by atoms with van der Waals surface area (Å²) < 4.78 is 11.5. The maximum atomic E-state index is 13.4. The average Bonchev–Trinajstić information content (AvgIpc) is 3.10. The third-order valence-electron chi connectivity index (χ3n) is 4.70. The van der Waals surface area contributed by atoms with Crippen LogP contribution in [0.2, 0.25) is 0 Å². The SMILES string of the molecule is COc1ccc(/C=C2/N=C(c3ccccc3Br)N(c3ccccc3)C2=O)cc1OC. The van der Waals surface area contributed by atoms with Gasteiger partial charge in [-0.15, -0.1) is 0 Å². The van der Waals surface area contributed by atoms with Crippen LogP contribution in [0.1, 0.15) is 11.1 Å². The van der Waals surface area contributed by atoms with Crippen molar-refractivity contribution < 1.29 is 14.3 Å². The Hall–Kier alpha value is -3.38. The molecule has 0 N–H and O–H groups in total. The van der Waals surface area contributed by atoms with Crippen molar-refractivity contribution in [1.29, 1.82) is 0 Å². The summed E-state index contributed by atoms with van der Waals surface area (Å²) in [5.41, 5.74) is 2.73. The monoisotopic (exact) mass is 462 g/mol. The molecule has 0 saturated carbocycles. The molecule has 0 fully saturated rings. The molecular formula is C24H19BrN2O3. The Morgan fingerprint density at radius 1 is 0.900 bits per heavy atom. The Balaban J connectivity index is 1.82. The van der Waals surface area contributed by atoms with Gasteiger partial charge in [0.1, 0.15) is 11.5 Å². The van der Waals surface area contributed by atoms with Gasteiger partial charge in [-0.25, -0.2) is 4.99 Å². The number of rotatable bonds is 5. The lowest BCUT2D eigenvalue weighted by atomic mass is 10.1. The standard InChI is InChI=1S/C24H19BrN2O3/c1-29-21-13-12-16(15-22(21)30-2)14-20-24(28)27(17-8-4-3-5-9-17)23(26-20)18-10-6-7-11-19(18)25/h3-15H,1-2H3/b20-14+. The number of carbonyl (C=O) groups is 1. The van der Waals surface area contributed by atoms with Crippen molar-refractivity contribution >= 4 is 39.4 Å². The number of ether oxygens (including phenoxy) is 2. The van der Waals surface area contributed by atoms with E-state index in [-0.39, 0.29) is 5.91 Å². The summed E-state index contributed by atoms with van der Waals surface area (Å²) >= 11 is 3.58. The minimum absolute atomic E-state index is 0.193. The van der Waals surface area contributed by atoms with Crippen LogP contribution in [0.3, 0.4) is 0 Å². The van der Waals surface area contributed by atoms with Gasteiger partial charge >= 0.3 is 0 Å². The average molecular weight is 463 g/mol. The van der Waals surface area contributed by atoms with E-state index in [1.807, 2.05) is 66.7 Å². The second-order valence-corrected chi connectivity index (χ2v) is 7.39. The van der Waals surface area contributed by atoms with Gasteiger partial charge in [0.25, 0.3) is 5.91 Å². The lowest BCUT2D eigenvalue weighted by Gasteiger charge is -2.19. The van der Waals surface area contributed by atoms with Gasteiger partial charge in [0, 0.05) is 10.0 Å². The van der Waals surface area contributed by atoms with Gasteiger partial charge in [0.15, 0.2) is 11.5 Å². The van der Waals surface area contributed by atoms with E-state index in [1.54, 1.807) is 31.3 Å². The molecular weight excluding hydrogens is 444 g/mol. The van der Waals surface area contributed by atoms with Crippen molar-refractivity contribution in [3.8, 4) is 11.5 Å². The molecule has 0 aliphatic carbocycles. The molecule has 0 saturated heterocycles. The largest absolute Gasteiger partial charge is 0.493 e. The first-order valence-electron chi connectivity index (χ1n) is 9.29. The number of anilines is 1. The Morgan fingerprint density at radius 3 is 2.30 bits per heavy atom. The second-order valence-electron chi connectivity index (χ2n) is 6.54. The second kappa shape index (κ2) is 8.55. The molecule has 0 atom stereocenters. The number of aliphatic imine (C=N–C) groups is 1. The first-order valence-corrected chi connectivity index (χ1v) is 10.1. The van der Waals surface area contributed by atoms with Crippen LogP contribution in [-0.2, 0) is 4.79 Å². The summed E-state index contributed by atoms with van der Waals surface area (Å²) in [4.78, 5) is 19.7. The van der Waals surface area contributed by atoms with Gasteiger partial charge in [0.2, 0.25) is 0 Å². The lowest BCUT2D eigenvalue weighted by molar-refractivity contribution is -0.113. The zero-order chi connectivity index (χ0) is 21.1. The molecule has 1 aliphatic heterocycles. The molecule has 3 aromatic carbocycles. The fourth-order valence-electron chi connectivity index (χ4n) is 3.26. The Kier molecular flexibility index (Phi) is 5.68. The molecule has 0 unspecified atom stereocenters. The highest BCUT2D eigenvalue weighted by atomic mass is 79.9. The van der Waals surface area contributed by atoms with Crippen LogP contribution in [-0.4, -0.2) is 26.0 Å². The number of hydrogen-bond acceptors (Lipinski definition) is 4. The Bertz CT molecular complexity index is 1160. The Morgan fingerprint density at radius 2 is 1.60 bits per heavy atom. The fourth-order valence-corrected chi connectivity index (χ4v) is 3.72. The zero-order valence-corrected chi connectivity index (χ0v) is 18.1. The van der Waals surface area contributed by atoms with Gasteiger partial charge in [-0.3, -0.25) is 9.69 Å². The van der Waals surface area contributed by atoms with Crippen molar-refractivity contribution in [3.05, 3.63) is 94.1 Å². The van der Waals surface area contributed by atoms with E-state index in [0.29, 0.717) is 23.0 Å². The number of methoxy groups -OCH3 is 2. The third-order valence-corrected chi connectivity index (χ3v) is 5.39. The maximum absolute atomic E-state index is 13.4. The number of para-hydroxylation sites is 1. The first kappa shape index (κ1) is 19.9. The lowest BCUT2D eigenvalue weighted by Crippen LogP contribution is -2.32. The van der Waals surface area contributed by atoms with E-state index in [2.05, 4.69) is 15.9 Å². The molecule has 150 valence electrons. The molecule has 0 aromatic heterocycles. The van der Waals surface area contributed by atoms with Crippen molar-refractivity contribution in [3.63, 3.8) is 0 Å². The highest BCUT2D eigenvalue weighted by molar-refractivity contribution is 9.10. The molecule has 1 aliphatic rings. The van der Waals surface area contributed by atoms with Crippen molar-refractivity contribution in [1.82, 2.24) is 0 Å². The fraction of sp³-hybridized carbons (Fsp3) is 0.0833. The number of amidine groups is 1. The summed E-state index contributed by atoms with van der Waals surface area (Å²) in [5.74, 6) is 1.60. The van der Waals surface area contributed by atoms with Crippen LogP contribution in [0.15, 0.2) is 88.0 Å². The molecule has 3 aromatic rings. The quantitative estimate of drug-likeness (QED) is 0.483. The van der Waals surface area contributed by atoms with Crippen LogP contribution < -0.4 is 14.4 Å². The summed E-state index contributed by atoms with van der Waals surface area (Å²) in [6.07, 6.45) is 1.75. The number of benzene rings is 3. The topological polar surface area (TPSA) is 51.1 Å². The molecule has 0 radical (unpaired) electrons. The van der Waals surface area contributed by atoms with Gasteiger partial charge in [0.05, 0.1) is 19.9 Å². The zero-order valence-electron chi connectivity index (χ0n) is 16.5. The van der Waals surface area contributed by atoms with Crippen molar-refractivity contribution in [2.45, 2.75) is 0 Å². The van der Waals surface area contributed by atoms with E-state index in [4.69, 9.17) is 14.5 Å². The highest BCUT2D eigenvalue weighted by Crippen LogP contribution is 2.32. The number of halogens is 1. The van der Waals surface area contributed by atoms with E-state index in [0.717, 1.165) is 21.3 Å².